The van der Waals surface area contributed by atoms with Crippen molar-refractivity contribution in [1.29, 1.82) is 0 Å². The Morgan fingerprint density at radius 2 is 2.20 bits per heavy atom. The zero-order chi connectivity index (χ0) is 14.0. The SMILES string of the molecule is O=C(O)C1CN(Cc2ccccc2)CC12CCCSC2. The molecule has 0 aromatic heterocycles. The normalized spacial score (nSPS) is 30.7. The van der Waals surface area contributed by atoms with Crippen LogP contribution in [-0.4, -0.2) is 40.6 Å². The predicted molar refractivity (Wildman–Crippen MR) is 81.8 cm³/mol. The van der Waals surface area contributed by atoms with Gasteiger partial charge in [0.15, 0.2) is 0 Å². The molecule has 2 fully saturated rings. The lowest BCUT2D eigenvalue weighted by atomic mass is 9.76. The van der Waals surface area contributed by atoms with Gasteiger partial charge in [0.05, 0.1) is 5.92 Å². The van der Waals surface area contributed by atoms with Gasteiger partial charge in [0.25, 0.3) is 0 Å². The molecule has 3 rings (SSSR count). The third-order valence-corrected chi connectivity index (χ3v) is 5.97. The third-order valence-electron chi connectivity index (χ3n) is 4.62. The fraction of sp³-hybridized carbons (Fsp3) is 0.562. The maximum Gasteiger partial charge on any atom is 0.308 e. The monoisotopic (exact) mass is 291 g/mol. The molecule has 3 nitrogen and oxygen atoms in total. The summed E-state index contributed by atoms with van der Waals surface area (Å²) in [7, 11) is 0. The van der Waals surface area contributed by atoms with E-state index in [-0.39, 0.29) is 11.3 Å². The van der Waals surface area contributed by atoms with Crippen molar-refractivity contribution in [2.24, 2.45) is 11.3 Å². The van der Waals surface area contributed by atoms with Crippen LogP contribution in [0.4, 0.5) is 0 Å². The number of carbonyl (C=O) groups is 1. The maximum atomic E-state index is 11.6. The molecule has 2 heterocycles. The molecular weight excluding hydrogens is 270 g/mol. The van der Waals surface area contributed by atoms with Gasteiger partial charge in [-0.2, -0.15) is 11.8 Å². The molecule has 2 unspecified atom stereocenters. The number of hydrogen-bond acceptors (Lipinski definition) is 3. The Balaban J connectivity index is 1.74. The second-order valence-electron chi connectivity index (χ2n) is 6.06. The molecule has 2 saturated heterocycles. The minimum Gasteiger partial charge on any atom is -0.481 e. The highest BCUT2D eigenvalue weighted by Gasteiger charge is 2.50. The number of hydrogen-bond donors (Lipinski definition) is 1. The Morgan fingerprint density at radius 3 is 2.85 bits per heavy atom. The summed E-state index contributed by atoms with van der Waals surface area (Å²) >= 11 is 1.93. The lowest BCUT2D eigenvalue weighted by Gasteiger charge is -2.36. The first-order chi connectivity index (χ1) is 9.70. The molecule has 108 valence electrons. The molecule has 1 spiro atoms. The first-order valence-corrected chi connectivity index (χ1v) is 8.42. The lowest BCUT2D eigenvalue weighted by Crippen LogP contribution is -2.39. The molecule has 0 aliphatic carbocycles. The van der Waals surface area contributed by atoms with Gasteiger partial charge in [-0.3, -0.25) is 9.69 Å². The van der Waals surface area contributed by atoms with E-state index in [1.165, 1.54) is 11.3 Å². The van der Waals surface area contributed by atoms with Crippen molar-refractivity contribution >= 4 is 17.7 Å². The average molecular weight is 291 g/mol. The number of nitrogens with zero attached hydrogens (tertiary/aromatic N) is 1. The lowest BCUT2D eigenvalue weighted by molar-refractivity contribution is -0.144. The molecule has 1 aromatic rings. The number of benzene rings is 1. The van der Waals surface area contributed by atoms with Gasteiger partial charge >= 0.3 is 5.97 Å². The molecule has 4 heteroatoms. The van der Waals surface area contributed by atoms with Crippen molar-refractivity contribution in [3.63, 3.8) is 0 Å². The van der Waals surface area contributed by atoms with Gasteiger partial charge in [-0.25, -0.2) is 0 Å². The van der Waals surface area contributed by atoms with E-state index >= 15 is 0 Å². The second kappa shape index (κ2) is 5.78. The van der Waals surface area contributed by atoms with Crippen molar-refractivity contribution in [1.82, 2.24) is 4.90 Å². The van der Waals surface area contributed by atoms with E-state index in [9.17, 15) is 9.90 Å². The molecule has 0 radical (unpaired) electrons. The van der Waals surface area contributed by atoms with Gasteiger partial charge in [0.2, 0.25) is 0 Å². The third kappa shape index (κ3) is 2.72. The van der Waals surface area contributed by atoms with E-state index < -0.39 is 5.97 Å². The Kier molecular flexibility index (Phi) is 4.03. The number of aliphatic carboxylic acids is 1. The fourth-order valence-electron chi connectivity index (χ4n) is 3.65. The van der Waals surface area contributed by atoms with Crippen LogP contribution in [0.2, 0.25) is 0 Å². The van der Waals surface area contributed by atoms with E-state index in [1.807, 2.05) is 30.0 Å². The molecule has 2 atom stereocenters. The molecule has 1 aromatic carbocycles. The molecule has 2 aliphatic rings. The van der Waals surface area contributed by atoms with E-state index in [0.29, 0.717) is 6.54 Å². The number of carboxylic acids is 1. The summed E-state index contributed by atoms with van der Waals surface area (Å²) < 4.78 is 0. The fourth-order valence-corrected chi connectivity index (χ4v) is 4.98. The molecule has 1 N–H and O–H groups in total. The highest BCUT2D eigenvalue weighted by atomic mass is 32.2. The molecule has 0 amide bonds. The van der Waals surface area contributed by atoms with Crippen LogP contribution in [0.3, 0.4) is 0 Å². The van der Waals surface area contributed by atoms with Crippen molar-refractivity contribution < 1.29 is 9.90 Å². The molecule has 0 bridgehead atoms. The van der Waals surface area contributed by atoms with Crippen molar-refractivity contribution in [3.05, 3.63) is 35.9 Å². The van der Waals surface area contributed by atoms with Crippen molar-refractivity contribution in [3.8, 4) is 0 Å². The zero-order valence-corrected chi connectivity index (χ0v) is 12.4. The van der Waals surface area contributed by atoms with E-state index in [2.05, 4.69) is 17.0 Å². The smallest absolute Gasteiger partial charge is 0.308 e. The van der Waals surface area contributed by atoms with Crippen LogP contribution in [0.25, 0.3) is 0 Å². The standard InChI is InChI=1S/C16H21NO2S/c18-15(19)14-10-17(9-13-5-2-1-3-6-13)11-16(14)7-4-8-20-12-16/h1-3,5-6,14H,4,7-12H2,(H,18,19). The summed E-state index contributed by atoms with van der Waals surface area (Å²) in [5, 5.41) is 9.58. The van der Waals surface area contributed by atoms with Crippen LogP contribution in [0.5, 0.6) is 0 Å². The van der Waals surface area contributed by atoms with Gasteiger partial charge in [-0.1, -0.05) is 30.3 Å². The Morgan fingerprint density at radius 1 is 1.40 bits per heavy atom. The summed E-state index contributed by atoms with van der Waals surface area (Å²) in [4.78, 5) is 14.0. The predicted octanol–water partition coefficient (Wildman–Crippen LogP) is 2.72. The van der Waals surface area contributed by atoms with Crippen LogP contribution in [0.15, 0.2) is 30.3 Å². The first-order valence-electron chi connectivity index (χ1n) is 7.26. The topological polar surface area (TPSA) is 40.5 Å². The molecular formula is C16H21NO2S. The van der Waals surface area contributed by atoms with Crippen LogP contribution >= 0.6 is 11.8 Å². The van der Waals surface area contributed by atoms with E-state index in [0.717, 1.165) is 31.7 Å². The van der Waals surface area contributed by atoms with E-state index in [4.69, 9.17) is 0 Å². The number of likely N-dealkylation sites (tertiary alicyclic amines) is 1. The first kappa shape index (κ1) is 14.0. The number of carboxylic acid groups (broad SMARTS) is 1. The van der Waals surface area contributed by atoms with Crippen LogP contribution in [0.1, 0.15) is 18.4 Å². The van der Waals surface area contributed by atoms with Crippen molar-refractivity contribution in [2.45, 2.75) is 19.4 Å². The van der Waals surface area contributed by atoms with Gasteiger partial charge in [0.1, 0.15) is 0 Å². The highest BCUT2D eigenvalue weighted by Crippen LogP contribution is 2.46. The number of thioether (sulfide) groups is 1. The number of rotatable bonds is 3. The maximum absolute atomic E-state index is 11.6. The quantitative estimate of drug-likeness (QED) is 0.929. The van der Waals surface area contributed by atoms with Gasteiger partial charge < -0.3 is 5.11 Å². The van der Waals surface area contributed by atoms with Crippen LogP contribution in [-0.2, 0) is 11.3 Å². The largest absolute Gasteiger partial charge is 0.481 e. The second-order valence-corrected chi connectivity index (χ2v) is 7.17. The summed E-state index contributed by atoms with van der Waals surface area (Å²) in [5.41, 5.74) is 1.28. The van der Waals surface area contributed by atoms with Crippen molar-refractivity contribution in [2.75, 3.05) is 24.6 Å². The Bertz CT molecular complexity index is 471. The Labute approximate surface area is 124 Å². The molecule has 2 aliphatic heterocycles. The summed E-state index contributed by atoms with van der Waals surface area (Å²) in [6, 6.07) is 10.4. The van der Waals surface area contributed by atoms with E-state index in [1.54, 1.807) is 0 Å². The molecule has 20 heavy (non-hydrogen) atoms. The van der Waals surface area contributed by atoms with Gasteiger partial charge in [0, 0.05) is 30.8 Å². The minimum atomic E-state index is -0.608. The minimum absolute atomic E-state index is 0.00350. The van der Waals surface area contributed by atoms with Crippen LogP contribution in [0, 0.1) is 11.3 Å². The van der Waals surface area contributed by atoms with Gasteiger partial charge in [-0.15, -0.1) is 0 Å². The molecule has 0 saturated carbocycles. The average Bonchev–Trinajstić information content (AvgIpc) is 2.79. The zero-order valence-electron chi connectivity index (χ0n) is 11.6. The Hall–Kier alpha value is -1.00. The highest BCUT2D eigenvalue weighted by molar-refractivity contribution is 7.99. The summed E-state index contributed by atoms with van der Waals surface area (Å²) in [6.07, 6.45) is 2.23. The van der Waals surface area contributed by atoms with Crippen LogP contribution < -0.4 is 0 Å². The van der Waals surface area contributed by atoms with Gasteiger partial charge in [-0.05, 0) is 24.2 Å². The summed E-state index contributed by atoms with van der Waals surface area (Å²) in [6.45, 7) is 2.51. The summed E-state index contributed by atoms with van der Waals surface area (Å²) in [5.74, 6) is 1.39.